The summed E-state index contributed by atoms with van der Waals surface area (Å²) in [4.78, 5) is 10.1. The average Bonchev–Trinajstić information content (AvgIpc) is 3.80. The summed E-state index contributed by atoms with van der Waals surface area (Å²) in [5.41, 5.74) is 14.2. The Labute approximate surface area is 294 Å². The standard InChI is InChI=1S/C47H31N3O/c1-47(2)36-26-24-32-31-14-8-11-19-40(31)51-45(32)41(36)35-25-27-39-42(43(35)47)34-16-7-10-18-38(34)50(39)30-22-20-29(21-23-30)46-48-37-17-9-6-15-33(37)44(49-46)28-12-4-3-5-13-28/h3-27H,1-2H3. The molecule has 0 radical (unpaired) electrons. The van der Waals surface area contributed by atoms with E-state index in [0.717, 1.165) is 55.8 Å². The zero-order chi connectivity index (χ0) is 33.8. The van der Waals surface area contributed by atoms with Gasteiger partial charge in [-0.2, -0.15) is 0 Å². The number of nitrogens with zero attached hydrogens (tertiary/aromatic N) is 3. The van der Waals surface area contributed by atoms with Gasteiger partial charge in [0.1, 0.15) is 11.2 Å². The lowest BCUT2D eigenvalue weighted by molar-refractivity contribution is 0.657. The van der Waals surface area contributed by atoms with E-state index in [-0.39, 0.29) is 5.41 Å². The van der Waals surface area contributed by atoms with Gasteiger partial charge in [-0.25, -0.2) is 9.97 Å². The van der Waals surface area contributed by atoms with E-state index in [2.05, 4.69) is 146 Å². The van der Waals surface area contributed by atoms with Gasteiger partial charge in [0.05, 0.1) is 22.2 Å². The summed E-state index contributed by atoms with van der Waals surface area (Å²) in [6, 6.07) is 53.7. The lowest BCUT2D eigenvalue weighted by Crippen LogP contribution is -2.15. The minimum atomic E-state index is -0.222. The van der Waals surface area contributed by atoms with Crippen molar-refractivity contribution in [1.29, 1.82) is 0 Å². The second kappa shape index (κ2) is 10.3. The van der Waals surface area contributed by atoms with Gasteiger partial charge >= 0.3 is 0 Å². The van der Waals surface area contributed by atoms with Gasteiger partial charge in [0, 0.05) is 54.7 Å². The average molecular weight is 654 g/mol. The highest BCUT2D eigenvalue weighted by molar-refractivity contribution is 6.18. The van der Waals surface area contributed by atoms with Gasteiger partial charge in [-0.15, -0.1) is 0 Å². The molecule has 0 saturated heterocycles. The Morgan fingerprint density at radius 1 is 0.549 bits per heavy atom. The molecule has 0 saturated carbocycles. The lowest BCUT2D eigenvalue weighted by atomic mass is 9.80. The van der Waals surface area contributed by atoms with Crippen LogP contribution in [0.5, 0.6) is 0 Å². The Morgan fingerprint density at radius 3 is 2.12 bits per heavy atom. The molecule has 4 heteroatoms. The van der Waals surface area contributed by atoms with Crippen LogP contribution in [-0.2, 0) is 5.41 Å². The van der Waals surface area contributed by atoms with Crippen molar-refractivity contribution in [2.24, 2.45) is 0 Å². The van der Waals surface area contributed by atoms with Gasteiger partial charge in [0.2, 0.25) is 0 Å². The Morgan fingerprint density at radius 2 is 1.27 bits per heavy atom. The highest BCUT2D eigenvalue weighted by Crippen LogP contribution is 2.56. The van der Waals surface area contributed by atoms with Gasteiger partial charge in [0.15, 0.2) is 5.82 Å². The molecule has 0 N–H and O–H groups in total. The zero-order valence-corrected chi connectivity index (χ0v) is 28.2. The molecule has 0 amide bonds. The molecular formula is C47H31N3O. The van der Waals surface area contributed by atoms with E-state index in [1.54, 1.807) is 0 Å². The number of benzene rings is 7. The fourth-order valence-corrected chi connectivity index (χ4v) is 8.69. The van der Waals surface area contributed by atoms with Gasteiger partial charge in [-0.05, 0) is 65.2 Å². The number of rotatable bonds is 3. The van der Waals surface area contributed by atoms with Gasteiger partial charge in [-0.1, -0.05) is 117 Å². The monoisotopic (exact) mass is 653 g/mol. The van der Waals surface area contributed by atoms with Crippen LogP contribution in [0.1, 0.15) is 25.0 Å². The zero-order valence-electron chi connectivity index (χ0n) is 28.2. The molecule has 7 aromatic carbocycles. The van der Waals surface area contributed by atoms with Gasteiger partial charge < -0.3 is 8.98 Å². The van der Waals surface area contributed by atoms with Crippen LogP contribution >= 0.6 is 0 Å². The van der Waals surface area contributed by atoms with Crippen molar-refractivity contribution < 1.29 is 4.42 Å². The molecule has 4 nitrogen and oxygen atoms in total. The Bertz CT molecular complexity index is 3040. The molecule has 0 fully saturated rings. The van der Waals surface area contributed by atoms with E-state index in [1.165, 1.54) is 49.4 Å². The molecular weight excluding hydrogens is 623 g/mol. The number of para-hydroxylation sites is 3. The minimum absolute atomic E-state index is 0.222. The van der Waals surface area contributed by atoms with Crippen molar-refractivity contribution in [2.75, 3.05) is 0 Å². The topological polar surface area (TPSA) is 43.9 Å². The first-order valence-corrected chi connectivity index (χ1v) is 17.5. The highest BCUT2D eigenvalue weighted by Gasteiger charge is 2.40. The van der Waals surface area contributed by atoms with Crippen LogP contribution in [0.2, 0.25) is 0 Å². The number of fused-ring (bicyclic) bond motifs is 12. The third-order valence-corrected chi connectivity index (χ3v) is 11.0. The van der Waals surface area contributed by atoms with Crippen molar-refractivity contribution in [2.45, 2.75) is 19.3 Å². The van der Waals surface area contributed by atoms with Crippen LogP contribution in [0.3, 0.4) is 0 Å². The van der Waals surface area contributed by atoms with Crippen molar-refractivity contribution in [3.8, 4) is 39.5 Å². The first-order chi connectivity index (χ1) is 25.1. The lowest BCUT2D eigenvalue weighted by Gasteiger charge is -2.22. The van der Waals surface area contributed by atoms with Crippen molar-refractivity contribution in [3.05, 3.63) is 163 Å². The molecule has 0 spiro atoms. The van der Waals surface area contributed by atoms with Crippen molar-refractivity contribution in [3.63, 3.8) is 0 Å². The minimum Gasteiger partial charge on any atom is -0.455 e. The number of aromatic nitrogens is 3. The molecule has 0 aliphatic heterocycles. The molecule has 0 bridgehead atoms. The van der Waals surface area contributed by atoms with E-state index in [4.69, 9.17) is 14.4 Å². The SMILES string of the molecule is CC1(C)c2ccc3c(oc4ccccc43)c2-c2ccc3c(c21)c1ccccc1n3-c1ccc(-c2nc(-c3ccccc3)c3ccccc3n2)cc1. The van der Waals surface area contributed by atoms with E-state index in [1.807, 2.05) is 24.3 Å². The summed E-state index contributed by atoms with van der Waals surface area (Å²) >= 11 is 0. The van der Waals surface area contributed by atoms with E-state index < -0.39 is 0 Å². The molecule has 3 aromatic heterocycles. The van der Waals surface area contributed by atoms with Crippen LogP contribution in [0.4, 0.5) is 0 Å². The normalized spacial score (nSPS) is 13.5. The second-order valence-electron chi connectivity index (χ2n) is 14.1. The molecule has 10 aromatic rings. The summed E-state index contributed by atoms with van der Waals surface area (Å²) in [6.45, 7) is 4.72. The molecule has 240 valence electrons. The molecule has 11 rings (SSSR count). The first-order valence-electron chi connectivity index (χ1n) is 17.5. The van der Waals surface area contributed by atoms with Crippen LogP contribution in [-0.4, -0.2) is 14.5 Å². The third kappa shape index (κ3) is 3.90. The predicted octanol–water partition coefficient (Wildman–Crippen LogP) is 12.3. The molecule has 3 heterocycles. The van der Waals surface area contributed by atoms with E-state index in [0.29, 0.717) is 0 Å². The van der Waals surface area contributed by atoms with Crippen LogP contribution < -0.4 is 0 Å². The molecule has 0 atom stereocenters. The number of hydrogen-bond donors (Lipinski definition) is 0. The molecule has 1 aliphatic carbocycles. The maximum atomic E-state index is 6.61. The highest BCUT2D eigenvalue weighted by atomic mass is 16.3. The first kappa shape index (κ1) is 28.3. The Hall–Kier alpha value is -6.52. The summed E-state index contributed by atoms with van der Waals surface area (Å²) < 4.78 is 9.01. The smallest absolute Gasteiger partial charge is 0.160 e. The Kier molecular flexibility index (Phi) is 5.70. The Balaban J connectivity index is 1.10. The van der Waals surface area contributed by atoms with Gasteiger partial charge in [0.25, 0.3) is 0 Å². The van der Waals surface area contributed by atoms with Gasteiger partial charge in [-0.3, -0.25) is 0 Å². The molecule has 1 aliphatic rings. The number of hydrogen-bond acceptors (Lipinski definition) is 3. The van der Waals surface area contributed by atoms with Crippen LogP contribution in [0.25, 0.3) is 94.1 Å². The molecule has 0 unspecified atom stereocenters. The van der Waals surface area contributed by atoms with Crippen molar-refractivity contribution >= 4 is 54.6 Å². The fraction of sp³-hybridized carbons (Fsp3) is 0.0638. The quantitative estimate of drug-likeness (QED) is 0.191. The summed E-state index contributed by atoms with van der Waals surface area (Å²) in [6.07, 6.45) is 0. The maximum Gasteiger partial charge on any atom is 0.160 e. The molecule has 51 heavy (non-hydrogen) atoms. The largest absolute Gasteiger partial charge is 0.455 e. The summed E-state index contributed by atoms with van der Waals surface area (Å²) in [5, 5.41) is 5.92. The van der Waals surface area contributed by atoms with Crippen LogP contribution in [0.15, 0.2) is 156 Å². The summed E-state index contributed by atoms with van der Waals surface area (Å²) in [5.74, 6) is 0.718. The maximum absolute atomic E-state index is 6.61. The van der Waals surface area contributed by atoms with Crippen LogP contribution in [0, 0.1) is 0 Å². The predicted molar refractivity (Wildman–Crippen MR) is 210 cm³/mol. The van der Waals surface area contributed by atoms with E-state index >= 15 is 0 Å². The fourth-order valence-electron chi connectivity index (χ4n) is 8.69. The third-order valence-electron chi connectivity index (χ3n) is 11.0. The second-order valence-corrected chi connectivity index (χ2v) is 14.1. The van der Waals surface area contributed by atoms with E-state index in [9.17, 15) is 0 Å². The van der Waals surface area contributed by atoms with Crippen molar-refractivity contribution in [1.82, 2.24) is 14.5 Å². The number of furan rings is 1. The summed E-state index contributed by atoms with van der Waals surface area (Å²) in [7, 11) is 0.